The number of benzene rings is 8. The van der Waals surface area contributed by atoms with Gasteiger partial charge in [0, 0.05) is 27.3 Å². The van der Waals surface area contributed by atoms with Crippen LogP contribution in [0.3, 0.4) is 0 Å². The quantitative estimate of drug-likeness (QED) is 0.195. The van der Waals surface area contributed by atoms with E-state index in [0.29, 0.717) is 17.5 Å². The van der Waals surface area contributed by atoms with E-state index in [-0.39, 0.29) is 0 Å². The van der Waals surface area contributed by atoms with Crippen LogP contribution in [0.25, 0.3) is 99.5 Å². The first-order valence-corrected chi connectivity index (χ1v) is 16.5. The van der Waals surface area contributed by atoms with Gasteiger partial charge in [0.15, 0.2) is 17.5 Å². The molecule has 0 unspecified atom stereocenters. The van der Waals surface area contributed by atoms with Crippen LogP contribution in [0.15, 0.2) is 168 Å². The minimum absolute atomic E-state index is 0.569. The van der Waals surface area contributed by atoms with E-state index in [0.717, 1.165) is 60.2 Å². The van der Waals surface area contributed by atoms with Gasteiger partial charge >= 0.3 is 0 Å². The SMILES string of the molecule is c1ccc(-c2nc(-c3cccc4ccccc34)nc(-c3cccc4c3oc3c5ccccc5c(-c5cccc6ccccc56)cc43)n2)cc1. The van der Waals surface area contributed by atoms with Crippen molar-refractivity contribution in [2.24, 2.45) is 0 Å². The largest absolute Gasteiger partial charge is 0.455 e. The Morgan fingerprint density at radius 2 is 0.796 bits per heavy atom. The molecule has 0 fully saturated rings. The minimum atomic E-state index is 0.569. The lowest BCUT2D eigenvalue weighted by Crippen LogP contribution is -2.00. The Labute approximate surface area is 282 Å². The first kappa shape index (κ1) is 27.5. The topological polar surface area (TPSA) is 51.8 Å². The van der Waals surface area contributed by atoms with Gasteiger partial charge in [-0.25, -0.2) is 15.0 Å². The van der Waals surface area contributed by atoms with Crippen LogP contribution in [-0.4, -0.2) is 15.0 Å². The van der Waals surface area contributed by atoms with Crippen LogP contribution in [-0.2, 0) is 0 Å². The van der Waals surface area contributed by atoms with Crippen LogP contribution in [0, 0.1) is 0 Å². The fourth-order valence-electron chi connectivity index (χ4n) is 7.23. The van der Waals surface area contributed by atoms with Crippen molar-refractivity contribution in [3.63, 3.8) is 0 Å². The lowest BCUT2D eigenvalue weighted by atomic mass is 9.92. The predicted molar refractivity (Wildman–Crippen MR) is 201 cm³/mol. The third-order valence-electron chi connectivity index (χ3n) is 9.52. The highest BCUT2D eigenvalue weighted by molar-refractivity contribution is 6.21. The molecule has 0 aliphatic carbocycles. The van der Waals surface area contributed by atoms with E-state index >= 15 is 0 Å². The molecular formula is C45H27N3O. The fourth-order valence-corrected chi connectivity index (χ4v) is 7.23. The van der Waals surface area contributed by atoms with Gasteiger partial charge in [0.25, 0.3) is 0 Å². The molecule has 0 atom stereocenters. The molecule has 4 nitrogen and oxygen atoms in total. The Kier molecular flexibility index (Phi) is 6.15. The van der Waals surface area contributed by atoms with E-state index in [1.807, 2.05) is 30.3 Å². The van der Waals surface area contributed by atoms with Crippen molar-refractivity contribution in [3.05, 3.63) is 164 Å². The molecule has 0 aliphatic heterocycles. The molecule has 0 spiro atoms. The van der Waals surface area contributed by atoms with E-state index in [1.165, 1.54) is 21.9 Å². The number of furan rings is 1. The zero-order valence-electron chi connectivity index (χ0n) is 26.3. The highest BCUT2D eigenvalue weighted by Crippen LogP contribution is 2.43. The van der Waals surface area contributed by atoms with E-state index in [1.54, 1.807) is 0 Å². The summed E-state index contributed by atoms with van der Waals surface area (Å²) in [6, 6.07) is 56.9. The maximum atomic E-state index is 6.89. The summed E-state index contributed by atoms with van der Waals surface area (Å²) < 4.78 is 6.89. The van der Waals surface area contributed by atoms with Crippen molar-refractivity contribution in [1.29, 1.82) is 0 Å². The maximum Gasteiger partial charge on any atom is 0.167 e. The molecule has 10 aromatic rings. The summed E-state index contributed by atoms with van der Waals surface area (Å²) in [5.41, 5.74) is 6.70. The molecule has 49 heavy (non-hydrogen) atoms. The van der Waals surface area contributed by atoms with Crippen molar-refractivity contribution in [2.45, 2.75) is 0 Å². The van der Waals surface area contributed by atoms with Crippen LogP contribution in [0.4, 0.5) is 0 Å². The van der Waals surface area contributed by atoms with Gasteiger partial charge in [-0.3, -0.25) is 0 Å². The standard InChI is InChI=1S/C45H27N3O/c1-2-15-30(16-3-1)43-46-44(37-25-11-18-29-14-5-7-20-32(29)37)48-45(47-43)38-26-12-24-36-40-27-39(33-23-10-17-28-13-4-6-19-31(28)33)34-21-8-9-22-35(34)42(40)49-41(36)38/h1-27H. The number of para-hydroxylation sites is 1. The van der Waals surface area contributed by atoms with E-state index in [2.05, 4.69) is 133 Å². The van der Waals surface area contributed by atoms with Crippen molar-refractivity contribution in [3.8, 4) is 45.3 Å². The zero-order valence-corrected chi connectivity index (χ0v) is 26.3. The maximum absolute atomic E-state index is 6.89. The van der Waals surface area contributed by atoms with Crippen molar-refractivity contribution in [2.75, 3.05) is 0 Å². The average Bonchev–Trinajstić information content (AvgIpc) is 3.56. The molecule has 4 heteroatoms. The molecule has 8 aromatic carbocycles. The Morgan fingerprint density at radius 1 is 0.306 bits per heavy atom. The van der Waals surface area contributed by atoms with Crippen LogP contribution < -0.4 is 0 Å². The van der Waals surface area contributed by atoms with Crippen LogP contribution in [0.1, 0.15) is 0 Å². The monoisotopic (exact) mass is 625 g/mol. The molecule has 2 aromatic heterocycles. The van der Waals surface area contributed by atoms with Gasteiger partial charge in [0.2, 0.25) is 0 Å². The van der Waals surface area contributed by atoms with Gasteiger partial charge in [0.1, 0.15) is 11.2 Å². The van der Waals surface area contributed by atoms with E-state index < -0.39 is 0 Å². The Bertz CT molecular complexity index is 2880. The van der Waals surface area contributed by atoms with E-state index in [4.69, 9.17) is 19.4 Å². The summed E-state index contributed by atoms with van der Waals surface area (Å²) in [5.74, 6) is 1.81. The molecule has 2 heterocycles. The molecular weight excluding hydrogens is 599 g/mol. The molecule has 0 aliphatic rings. The minimum Gasteiger partial charge on any atom is -0.455 e. The van der Waals surface area contributed by atoms with Crippen LogP contribution >= 0.6 is 0 Å². The lowest BCUT2D eigenvalue weighted by Gasteiger charge is -2.11. The summed E-state index contributed by atoms with van der Waals surface area (Å²) in [6.45, 7) is 0. The number of hydrogen-bond donors (Lipinski definition) is 0. The van der Waals surface area contributed by atoms with Crippen molar-refractivity contribution >= 4 is 54.3 Å². The van der Waals surface area contributed by atoms with Gasteiger partial charge in [-0.2, -0.15) is 0 Å². The molecule has 0 saturated heterocycles. The molecule has 0 N–H and O–H groups in total. The number of aromatic nitrogens is 3. The summed E-state index contributed by atoms with van der Waals surface area (Å²) >= 11 is 0. The molecule has 0 bridgehead atoms. The molecule has 228 valence electrons. The second-order valence-electron chi connectivity index (χ2n) is 12.4. The van der Waals surface area contributed by atoms with Gasteiger partial charge in [-0.05, 0) is 50.2 Å². The molecule has 0 amide bonds. The Morgan fingerprint density at radius 3 is 1.55 bits per heavy atom. The predicted octanol–water partition coefficient (Wildman–Crippen LogP) is 11.9. The molecule has 0 radical (unpaired) electrons. The first-order valence-electron chi connectivity index (χ1n) is 16.5. The van der Waals surface area contributed by atoms with Crippen molar-refractivity contribution in [1.82, 2.24) is 15.0 Å². The van der Waals surface area contributed by atoms with E-state index in [9.17, 15) is 0 Å². The summed E-state index contributed by atoms with van der Waals surface area (Å²) in [6.07, 6.45) is 0. The molecule has 10 rings (SSSR count). The number of hydrogen-bond acceptors (Lipinski definition) is 4. The summed E-state index contributed by atoms with van der Waals surface area (Å²) in [4.78, 5) is 15.3. The van der Waals surface area contributed by atoms with Gasteiger partial charge < -0.3 is 4.42 Å². The van der Waals surface area contributed by atoms with Gasteiger partial charge in [-0.1, -0.05) is 152 Å². The lowest BCUT2D eigenvalue weighted by molar-refractivity contribution is 0.673. The van der Waals surface area contributed by atoms with Crippen molar-refractivity contribution < 1.29 is 4.42 Å². The second kappa shape index (κ2) is 11.0. The highest BCUT2D eigenvalue weighted by atomic mass is 16.3. The van der Waals surface area contributed by atoms with Crippen LogP contribution in [0.5, 0.6) is 0 Å². The number of nitrogens with zero attached hydrogens (tertiary/aromatic N) is 3. The molecule has 0 saturated carbocycles. The smallest absolute Gasteiger partial charge is 0.167 e. The first-order chi connectivity index (χ1) is 24.3. The number of rotatable bonds is 4. The summed E-state index contributed by atoms with van der Waals surface area (Å²) in [5, 5.41) is 8.97. The fraction of sp³-hybridized carbons (Fsp3) is 0. The Balaban J connectivity index is 1.25. The number of fused-ring (bicyclic) bond motifs is 7. The summed E-state index contributed by atoms with van der Waals surface area (Å²) in [7, 11) is 0. The highest BCUT2D eigenvalue weighted by Gasteiger charge is 2.21. The zero-order chi connectivity index (χ0) is 32.3. The third-order valence-corrected chi connectivity index (χ3v) is 9.52. The normalized spacial score (nSPS) is 11.7. The Hall–Kier alpha value is -6.65. The van der Waals surface area contributed by atoms with Gasteiger partial charge in [-0.15, -0.1) is 0 Å². The average molecular weight is 626 g/mol. The third kappa shape index (κ3) is 4.42. The second-order valence-corrected chi connectivity index (χ2v) is 12.4. The van der Waals surface area contributed by atoms with Gasteiger partial charge in [0.05, 0.1) is 5.56 Å². The van der Waals surface area contributed by atoms with Crippen LogP contribution in [0.2, 0.25) is 0 Å².